The summed E-state index contributed by atoms with van der Waals surface area (Å²) in [6, 6.07) is 8.19. The fourth-order valence-corrected chi connectivity index (χ4v) is 6.48. The van der Waals surface area contributed by atoms with Crippen molar-refractivity contribution in [3.05, 3.63) is 56.1 Å². The summed E-state index contributed by atoms with van der Waals surface area (Å²) >= 11 is 7.15. The van der Waals surface area contributed by atoms with Gasteiger partial charge < -0.3 is 14.5 Å². The second-order valence-corrected chi connectivity index (χ2v) is 13.3. The molecule has 11 heteroatoms. The molecule has 1 N–H and O–H groups in total. The quantitative estimate of drug-likeness (QED) is 0.567. The summed E-state index contributed by atoms with van der Waals surface area (Å²) in [5.74, 6) is -0.287. The number of ether oxygens (including phenoxy) is 1. The van der Waals surface area contributed by atoms with Gasteiger partial charge in [-0.1, -0.05) is 17.7 Å². The Morgan fingerprint density at radius 1 is 1.22 bits per heavy atom. The van der Waals surface area contributed by atoms with Gasteiger partial charge in [0.15, 0.2) is 0 Å². The molecule has 3 heterocycles. The number of halogens is 1. The summed E-state index contributed by atoms with van der Waals surface area (Å²) in [6.45, 7) is 8.42. The van der Waals surface area contributed by atoms with E-state index in [4.69, 9.17) is 16.3 Å². The molecule has 0 bridgehead atoms. The molecule has 194 valence electrons. The lowest BCUT2D eigenvalue weighted by Gasteiger charge is -2.36. The third-order valence-electron chi connectivity index (χ3n) is 6.12. The van der Waals surface area contributed by atoms with Crippen LogP contribution in [0.2, 0.25) is 4.34 Å². The predicted octanol–water partition coefficient (Wildman–Crippen LogP) is 4.95. The van der Waals surface area contributed by atoms with Crippen molar-refractivity contribution in [2.24, 2.45) is 0 Å². The van der Waals surface area contributed by atoms with E-state index in [9.17, 15) is 18.0 Å². The molecule has 8 nitrogen and oxygen atoms in total. The Morgan fingerprint density at radius 3 is 2.64 bits per heavy atom. The van der Waals surface area contributed by atoms with Crippen molar-refractivity contribution in [1.29, 1.82) is 0 Å². The van der Waals surface area contributed by atoms with Crippen molar-refractivity contribution in [2.45, 2.75) is 58.2 Å². The molecular formula is C25H30ClN3O5S2. The summed E-state index contributed by atoms with van der Waals surface area (Å²) in [7, 11) is -3.81. The van der Waals surface area contributed by atoms with Crippen LogP contribution in [0.3, 0.4) is 0 Å². The van der Waals surface area contributed by atoms with Crippen LogP contribution >= 0.6 is 22.9 Å². The lowest BCUT2D eigenvalue weighted by atomic mass is 9.93. The largest absolute Gasteiger partial charge is 0.444 e. The van der Waals surface area contributed by atoms with Gasteiger partial charge in [-0.3, -0.25) is 4.79 Å². The van der Waals surface area contributed by atoms with Crippen LogP contribution in [-0.4, -0.2) is 50.1 Å². The number of benzene rings is 1. The van der Waals surface area contributed by atoms with Crippen LogP contribution in [-0.2, 0) is 26.0 Å². The molecule has 0 spiro atoms. The second kappa shape index (κ2) is 10.2. The van der Waals surface area contributed by atoms with Gasteiger partial charge >= 0.3 is 6.09 Å². The lowest BCUT2D eigenvalue weighted by Crippen LogP contribution is -2.42. The molecule has 1 aromatic heterocycles. The number of hydrogen-bond acceptors (Lipinski definition) is 6. The molecule has 2 atom stereocenters. The van der Waals surface area contributed by atoms with Crippen LogP contribution in [0.25, 0.3) is 6.08 Å². The molecule has 1 fully saturated rings. The number of fused-ring (bicyclic) bond motifs is 1. The van der Waals surface area contributed by atoms with Gasteiger partial charge in [-0.15, -0.1) is 11.3 Å². The number of anilines is 1. The van der Waals surface area contributed by atoms with Crippen LogP contribution in [0.5, 0.6) is 0 Å². The average molecular weight is 552 g/mol. The molecule has 0 radical (unpaired) electrons. The first-order valence-corrected chi connectivity index (χ1v) is 14.5. The van der Waals surface area contributed by atoms with E-state index in [1.54, 1.807) is 21.9 Å². The number of carbonyl (C=O) groups excluding carboxylic acids is 2. The smallest absolute Gasteiger partial charge is 0.410 e. The Kier molecular flexibility index (Phi) is 7.52. The first kappa shape index (κ1) is 26.7. The maximum atomic E-state index is 13.1. The zero-order valence-corrected chi connectivity index (χ0v) is 23.0. The number of hydrogen-bond donors (Lipinski definition) is 1. The van der Waals surface area contributed by atoms with Gasteiger partial charge in [0.25, 0.3) is 0 Å². The number of thiophene rings is 1. The van der Waals surface area contributed by atoms with Crippen molar-refractivity contribution in [3.8, 4) is 0 Å². The topological polar surface area (TPSA) is 96.0 Å². The van der Waals surface area contributed by atoms with E-state index in [-0.39, 0.29) is 18.0 Å². The maximum Gasteiger partial charge on any atom is 0.410 e. The Bertz CT molecular complexity index is 1300. The summed E-state index contributed by atoms with van der Waals surface area (Å²) in [6.07, 6.45) is 2.13. The maximum absolute atomic E-state index is 13.1. The van der Waals surface area contributed by atoms with E-state index in [1.165, 1.54) is 17.4 Å². The van der Waals surface area contributed by atoms with Crippen LogP contribution < -0.4 is 9.62 Å². The molecule has 36 heavy (non-hydrogen) atoms. The molecule has 2 aromatic rings. The SMILES string of the molecule is CC1c2ccc(N3CC[C@H](NS(=O)(=O)C=Cc4ccc(Cl)s4)C3=O)cc2CCN1C(=O)OC(C)(C)C. The Hall–Kier alpha value is -2.40. The highest BCUT2D eigenvalue weighted by molar-refractivity contribution is 7.92. The first-order valence-electron chi connectivity index (χ1n) is 11.7. The lowest BCUT2D eigenvalue weighted by molar-refractivity contribution is -0.118. The van der Waals surface area contributed by atoms with E-state index in [0.29, 0.717) is 35.1 Å². The summed E-state index contributed by atoms with van der Waals surface area (Å²) in [4.78, 5) is 29.7. The third kappa shape index (κ3) is 6.11. The van der Waals surface area contributed by atoms with Gasteiger partial charge in [0, 0.05) is 29.1 Å². The summed E-state index contributed by atoms with van der Waals surface area (Å²) < 4.78 is 33.6. The second-order valence-electron chi connectivity index (χ2n) is 9.92. The van der Waals surface area contributed by atoms with Gasteiger partial charge in [-0.25, -0.2) is 13.2 Å². The fourth-order valence-electron chi connectivity index (χ4n) is 4.41. The highest BCUT2D eigenvalue weighted by atomic mass is 35.5. The molecule has 4 rings (SSSR count). The highest BCUT2D eigenvalue weighted by Crippen LogP contribution is 2.34. The molecule has 2 aliphatic heterocycles. The zero-order chi connectivity index (χ0) is 26.3. The van der Waals surface area contributed by atoms with Crippen molar-refractivity contribution in [3.63, 3.8) is 0 Å². The molecule has 1 unspecified atom stereocenters. The Labute approximate surface area is 220 Å². The molecule has 0 saturated carbocycles. The standard InChI is InChI=1S/C25H30ClN3O5S2/c1-16-20-7-5-18(15-17(20)9-12-28(16)24(31)34-25(2,3)4)29-13-10-21(23(29)30)27-36(32,33)14-11-19-6-8-22(26)35-19/h5-8,11,14-16,21,27H,9-10,12-13H2,1-4H3/t16?,21-/m0/s1. The Morgan fingerprint density at radius 2 is 1.97 bits per heavy atom. The molecule has 2 aliphatic rings. The summed E-state index contributed by atoms with van der Waals surface area (Å²) in [5, 5.41) is 1.06. The highest BCUT2D eigenvalue weighted by Gasteiger charge is 2.36. The average Bonchev–Trinajstić information content (AvgIpc) is 3.36. The molecule has 0 aliphatic carbocycles. The minimum atomic E-state index is -3.81. The van der Waals surface area contributed by atoms with Crippen molar-refractivity contribution >= 4 is 56.7 Å². The van der Waals surface area contributed by atoms with Gasteiger partial charge in [-0.2, -0.15) is 4.72 Å². The molecule has 1 saturated heterocycles. The molecule has 1 aromatic carbocycles. The van der Waals surface area contributed by atoms with Gasteiger partial charge in [0.1, 0.15) is 11.6 Å². The summed E-state index contributed by atoms with van der Waals surface area (Å²) in [5.41, 5.74) is 2.23. The molecular weight excluding hydrogens is 522 g/mol. The number of nitrogens with one attached hydrogen (secondary N) is 1. The van der Waals surface area contributed by atoms with Crippen molar-refractivity contribution in [1.82, 2.24) is 9.62 Å². The van der Waals surface area contributed by atoms with Gasteiger partial charge in [-0.05, 0) is 82.0 Å². The van der Waals surface area contributed by atoms with Crippen LogP contribution in [0, 0.1) is 0 Å². The van der Waals surface area contributed by atoms with E-state index < -0.39 is 21.7 Å². The van der Waals surface area contributed by atoms with E-state index in [0.717, 1.165) is 22.2 Å². The number of nitrogens with zero attached hydrogens (tertiary/aromatic N) is 2. The van der Waals surface area contributed by atoms with Crippen molar-refractivity contribution < 1.29 is 22.7 Å². The fraction of sp³-hybridized carbons (Fsp3) is 0.440. The number of amides is 2. The first-order chi connectivity index (χ1) is 16.8. The minimum Gasteiger partial charge on any atom is -0.444 e. The van der Waals surface area contributed by atoms with Gasteiger partial charge in [0.2, 0.25) is 15.9 Å². The van der Waals surface area contributed by atoms with Crippen molar-refractivity contribution in [2.75, 3.05) is 18.0 Å². The van der Waals surface area contributed by atoms with Gasteiger partial charge in [0.05, 0.1) is 10.4 Å². The number of sulfonamides is 1. The number of rotatable bonds is 5. The van der Waals surface area contributed by atoms with Crippen LogP contribution in [0.1, 0.15) is 56.2 Å². The van der Waals surface area contributed by atoms with E-state index >= 15 is 0 Å². The Balaban J connectivity index is 1.43. The molecule has 2 amide bonds. The normalized spacial score (nSPS) is 20.8. The third-order valence-corrected chi connectivity index (χ3v) is 8.43. The zero-order valence-electron chi connectivity index (χ0n) is 20.7. The monoisotopic (exact) mass is 551 g/mol. The van der Waals surface area contributed by atoms with E-state index in [2.05, 4.69) is 4.72 Å². The van der Waals surface area contributed by atoms with Crippen LogP contribution in [0.4, 0.5) is 10.5 Å². The number of carbonyl (C=O) groups is 2. The minimum absolute atomic E-state index is 0.156. The van der Waals surface area contributed by atoms with Crippen LogP contribution in [0.15, 0.2) is 35.7 Å². The predicted molar refractivity (Wildman–Crippen MR) is 143 cm³/mol. The van der Waals surface area contributed by atoms with E-state index in [1.807, 2.05) is 45.9 Å².